The maximum absolute atomic E-state index is 11.8. The van der Waals surface area contributed by atoms with Crippen LogP contribution in [-0.4, -0.2) is 17.0 Å². The predicted molar refractivity (Wildman–Crippen MR) is 57.0 cm³/mol. The average molecular weight is 198 g/mol. The molecule has 0 amide bonds. The summed E-state index contributed by atoms with van der Waals surface area (Å²) in [6.45, 7) is 5.94. The van der Waals surface area contributed by atoms with Gasteiger partial charge in [0.1, 0.15) is 5.78 Å². The number of rotatable bonds is 2. The van der Waals surface area contributed by atoms with Crippen LogP contribution in [-0.2, 0) is 4.79 Å². The van der Waals surface area contributed by atoms with Gasteiger partial charge in [0.05, 0.1) is 6.10 Å². The zero-order valence-corrected chi connectivity index (χ0v) is 9.55. The van der Waals surface area contributed by atoms with E-state index in [1.165, 1.54) is 0 Å². The fourth-order valence-corrected chi connectivity index (χ4v) is 1.92. The van der Waals surface area contributed by atoms with E-state index in [-0.39, 0.29) is 11.5 Å². The molecule has 2 heteroatoms. The standard InChI is InChI=1S/C12H22O2/c1-12(2,3)11(14)8-9-4-6-10(13)7-5-9/h9-10,13H,4-8H2,1-3H3. The second-order valence-corrected chi connectivity index (χ2v) is 5.55. The minimum absolute atomic E-state index is 0.115. The highest BCUT2D eigenvalue weighted by atomic mass is 16.3. The van der Waals surface area contributed by atoms with Crippen molar-refractivity contribution in [1.29, 1.82) is 0 Å². The van der Waals surface area contributed by atoms with Gasteiger partial charge in [-0.25, -0.2) is 0 Å². The van der Waals surface area contributed by atoms with Gasteiger partial charge in [0, 0.05) is 11.8 Å². The van der Waals surface area contributed by atoms with E-state index in [1.54, 1.807) is 0 Å². The highest BCUT2D eigenvalue weighted by Gasteiger charge is 2.27. The summed E-state index contributed by atoms with van der Waals surface area (Å²) >= 11 is 0. The number of aliphatic hydroxyl groups excluding tert-OH is 1. The third-order valence-corrected chi connectivity index (χ3v) is 3.13. The second kappa shape index (κ2) is 4.43. The number of hydrogen-bond acceptors (Lipinski definition) is 2. The Morgan fingerprint density at radius 1 is 1.21 bits per heavy atom. The van der Waals surface area contributed by atoms with Gasteiger partial charge in [0.15, 0.2) is 0 Å². The van der Waals surface area contributed by atoms with Gasteiger partial charge >= 0.3 is 0 Å². The number of carbonyl (C=O) groups excluding carboxylic acids is 1. The molecule has 0 heterocycles. The molecule has 0 aromatic rings. The first-order chi connectivity index (χ1) is 6.39. The van der Waals surface area contributed by atoms with Crippen molar-refractivity contribution >= 4 is 5.78 Å². The van der Waals surface area contributed by atoms with Crippen molar-refractivity contribution in [1.82, 2.24) is 0 Å². The first-order valence-corrected chi connectivity index (χ1v) is 5.61. The van der Waals surface area contributed by atoms with Crippen molar-refractivity contribution in [3.05, 3.63) is 0 Å². The van der Waals surface area contributed by atoms with Gasteiger partial charge in [-0.1, -0.05) is 20.8 Å². The molecule has 2 nitrogen and oxygen atoms in total. The quantitative estimate of drug-likeness (QED) is 0.740. The van der Waals surface area contributed by atoms with Gasteiger partial charge in [-0.05, 0) is 31.6 Å². The van der Waals surface area contributed by atoms with E-state index in [0.29, 0.717) is 18.1 Å². The molecular formula is C12H22O2. The molecular weight excluding hydrogens is 176 g/mol. The van der Waals surface area contributed by atoms with Crippen LogP contribution in [0.3, 0.4) is 0 Å². The summed E-state index contributed by atoms with van der Waals surface area (Å²) in [5.74, 6) is 0.879. The Hall–Kier alpha value is -0.370. The Labute approximate surface area is 86.7 Å². The van der Waals surface area contributed by atoms with Crippen LogP contribution in [0.25, 0.3) is 0 Å². The van der Waals surface area contributed by atoms with E-state index in [4.69, 9.17) is 0 Å². The molecule has 1 aliphatic carbocycles. The van der Waals surface area contributed by atoms with Gasteiger partial charge < -0.3 is 5.11 Å². The van der Waals surface area contributed by atoms with Crippen LogP contribution in [0.2, 0.25) is 0 Å². The Morgan fingerprint density at radius 2 is 1.71 bits per heavy atom. The number of carbonyl (C=O) groups is 1. The Bertz CT molecular complexity index is 195. The summed E-state index contributed by atoms with van der Waals surface area (Å²) < 4.78 is 0. The van der Waals surface area contributed by atoms with E-state index in [2.05, 4.69) is 0 Å². The van der Waals surface area contributed by atoms with Crippen LogP contribution < -0.4 is 0 Å². The van der Waals surface area contributed by atoms with Crippen molar-refractivity contribution in [3.8, 4) is 0 Å². The van der Waals surface area contributed by atoms with Gasteiger partial charge in [-0.3, -0.25) is 4.79 Å². The van der Waals surface area contributed by atoms with Gasteiger partial charge in [0.2, 0.25) is 0 Å². The predicted octanol–water partition coefficient (Wildman–Crippen LogP) is 2.54. The summed E-state index contributed by atoms with van der Waals surface area (Å²) in [6, 6.07) is 0. The highest BCUT2D eigenvalue weighted by molar-refractivity contribution is 5.83. The summed E-state index contributed by atoms with van der Waals surface area (Å²) in [4.78, 5) is 11.8. The minimum atomic E-state index is -0.198. The molecule has 0 bridgehead atoms. The zero-order valence-electron chi connectivity index (χ0n) is 9.55. The molecule has 0 atom stereocenters. The molecule has 0 unspecified atom stereocenters. The smallest absolute Gasteiger partial charge is 0.138 e. The Kier molecular flexibility index (Phi) is 3.71. The summed E-state index contributed by atoms with van der Waals surface area (Å²) in [5.41, 5.74) is -0.198. The number of Topliss-reactive ketones (excluding diaryl/α,β-unsaturated/α-hetero) is 1. The highest BCUT2D eigenvalue weighted by Crippen LogP contribution is 2.30. The molecule has 14 heavy (non-hydrogen) atoms. The van der Waals surface area contributed by atoms with Crippen molar-refractivity contribution in [3.63, 3.8) is 0 Å². The molecule has 1 rings (SSSR count). The maximum atomic E-state index is 11.8. The van der Waals surface area contributed by atoms with Crippen LogP contribution in [0, 0.1) is 11.3 Å². The van der Waals surface area contributed by atoms with E-state index in [1.807, 2.05) is 20.8 Å². The molecule has 1 N–H and O–H groups in total. The molecule has 1 fully saturated rings. The molecule has 0 aliphatic heterocycles. The molecule has 1 saturated carbocycles. The lowest BCUT2D eigenvalue weighted by Gasteiger charge is -2.27. The molecule has 0 radical (unpaired) electrons. The van der Waals surface area contributed by atoms with Gasteiger partial charge in [-0.2, -0.15) is 0 Å². The molecule has 1 aliphatic rings. The number of ketones is 1. The fourth-order valence-electron chi connectivity index (χ4n) is 1.92. The monoisotopic (exact) mass is 198 g/mol. The number of hydrogen-bond donors (Lipinski definition) is 1. The lowest BCUT2D eigenvalue weighted by atomic mass is 9.79. The third kappa shape index (κ3) is 3.41. The fraction of sp³-hybridized carbons (Fsp3) is 0.917. The van der Waals surface area contributed by atoms with Crippen molar-refractivity contribution in [2.75, 3.05) is 0 Å². The average Bonchev–Trinajstić information content (AvgIpc) is 2.07. The summed E-state index contributed by atoms with van der Waals surface area (Å²) in [5, 5.41) is 9.34. The van der Waals surface area contributed by atoms with Crippen LogP contribution in [0.15, 0.2) is 0 Å². The first-order valence-electron chi connectivity index (χ1n) is 5.61. The van der Waals surface area contributed by atoms with E-state index >= 15 is 0 Å². The second-order valence-electron chi connectivity index (χ2n) is 5.55. The Morgan fingerprint density at radius 3 is 2.14 bits per heavy atom. The van der Waals surface area contributed by atoms with Crippen molar-refractivity contribution in [2.24, 2.45) is 11.3 Å². The van der Waals surface area contributed by atoms with E-state index in [0.717, 1.165) is 25.7 Å². The van der Waals surface area contributed by atoms with Gasteiger partial charge in [0.25, 0.3) is 0 Å². The molecule has 82 valence electrons. The third-order valence-electron chi connectivity index (χ3n) is 3.13. The summed E-state index contributed by atoms with van der Waals surface area (Å²) in [6.07, 6.45) is 4.38. The lowest BCUT2D eigenvalue weighted by molar-refractivity contribution is -0.127. The summed E-state index contributed by atoms with van der Waals surface area (Å²) in [7, 11) is 0. The topological polar surface area (TPSA) is 37.3 Å². The number of aliphatic hydroxyl groups is 1. The molecule has 0 saturated heterocycles. The molecule has 0 spiro atoms. The first kappa shape index (κ1) is 11.7. The SMILES string of the molecule is CC(C)(C)C(=O)CC1CCC(O)CC1. The Balaban J connectivity index is 2.35. The largest absolute Gasteiger partial charge is 0.393 e. The normalized spacial score (nSPS) is 28.9. The molecule has 0 aromatic carbocycles. The van der Waals surface area contributed by atoms with Crippen LogP contribution in [0.1, 0.15) is 52.9 Å². The van der Waals surface area contributed by atoms with Crippen LogP contribution in [0.4, 0.5) is 0 Å². The van der Waals surface area contributed by atoms with Crippen LogP contribution >= 0.6 is 0 Å². The van der Waals surface area contributed by atoms with Crippen molar-refractivity contribution in [2.45, 2.75) is 59.0 Å². The van der Waals surface area contributed by atoms with Crippen LogP contribution in [0.5, 0.6) is 0 Å². The zero-order chi connectivity index (χ0) is 10.8. The minimum Gasteiger partial charge on any atom is -0.393 e. The van der Waals surface area contributed by atoms with E-state index in [9.17, 15) is 9.90 Å². The van der Waals surface area contributed by atoms with E-state index < -0.39 is 0 Å². The van der Waals surface area contributed by atoms with Gasteiger partial charge in [-0.15, -0.1) is 0 Å². The van der Waals surface area contributed by atoms with Crippen molar-refractivity contribution < 1.29 is 9.90 Å². The lowest BCUT2D eigenvalue weighted by Crippen LogP contribution is -2.26. The maximum Gasteiger partial charge on any atom is 0.138 e. The molecule has 0 aromatic heterocycles.